The fourth-order valence-electron chi connectivity index (χ4n) is 3.76. The molecule has 2 saturated heterocycles. The summed E-state index contributed by atoms with van der Waals surface area (Å²) in [7, 11) is 0. The van der Waals surface area contributed by atoms with Crippen molar-refractivity contribution in [2.24, 2.45) is 0 Å². The van der Waals surface area contributed by atoms with Crippen LogP contribution in [0.4, 0.5) is 17.3 Å². The highest BCUT2D eigenvalue weighted by Crippen LogP contribution is 2.36. The summed E-state index contributed by atoms with van der Waals surface area (Å²) < 4.78 is 22.4. The summed E-state index contributed by atoms with van der Waals surface area (Å²) in [4.78, 5) is 11.4. The van der Waals surface area contributed by atoms with E-state index in [4.69, 9.17) is 18.9 Å². The molecule has 1 spiro atoms. The zero-order valence-electron chi connectivity index (χ0n) is 15.2. The van der Waals surface area contributed by atoms with Gasteiger partial charge in [-0.15, -0.1) is 0 Å². The Morgan fingerprint density at radius 1 is 1.00 bits per heavy atom. The third-order valence-electron chi connectivity index (χ3n) is 5.13. The van der Waals surface area contributed by atoms with Gasteiger partial charge in [-0.05, 0) is 19.1 Å². The highest BCUT2D eigenvalue weighted by Gasteiger charge is 2.40. The van der Waals surface area contributed by atoms with Gasteiger partial charge in [0.25, 0.3) is 0 Å². The second kappa shape index (κ2) is 6.54. The van der Waals surface area contributed by atoms with Gasteiger partial charge in [0.2, 0.25) is 6.79 Å². The van der Waals surface area contributed by atoms with Gasteiger partial charge in [-0.2, -0.15) is 0 Å². The first-order valence-corrected chi connectivity index (χ1v) is 9.24. The largest absolute Gasteiger partial charge is 0.454 e. The molecule has 1 aromatic carbocycles. The first-order chi connectivity index (χ1) is 13.2. The minimum atomic E-state index is -0.383. The molecule has 3 aliphatic rings. The summed E-state index contributed by atoms with van der Waals surface area (Å²) in [5, 5.41) is 3.34. The van der Waals surface area contributed by atoms with E-state index in [2.05, 4.69) is 20.2 Å². The van der Waals surface area contributed by atoms with Crippen LogP contribution in [0.3, 0.4) is 0 Å². The van der Waals surface area contributed by atoms with Gasteiger partial charge in [0.1, 0.15) is 17.5 Å². The van der Waals surface area contributed by atoms with Crippen LogP contribution in [0.2, 0.25) is 0 Å². The Balaban J connectivity index is 1.32. The van der Waals surface area contributed by atoms with Crippen molar-refractivity contribution in [1.82, 2.24) is 9.97 Å². The van der Waals surface area contributed by atoms with Crippen LogP contribution in [0.1, 0.15) is 18.7 Å². The molecular formula is C19H22N4O4. The Morgan fingerprint density at radius 2 is 1.78 bits per heavy atom. The van der Waals surface area contributed by atoms with Gasteiger partial charge in [0.15, 0.2) is 17.3 Å². The quantitative estimate of drug-likeness (QED) is 0.883. The molecule has 27 heavy (non-hydrogen) atoms. The molecular weight excluding hydrogens is 348 g/mol. The molecule has 2 aromatic rings. The van der Waals surface area contributed by atoms with Crippen molar-refractivity contribution >= 4 is 17.3 Å². The molecule has 1 aromatic heterocycles. The predicted octanol–water partition coefficient (Wildman–Crippen LogP) is 2.60. The van der Waals surface area contributed by atoms with Gasteiger partial charge in [-0.1, -0.05) is 0 Å². The number of fused-ring (bicyclic) bond motifs is 1. The van der Waals surface area contributed by atoms with E-state index >= 15 is 0 Å². The summed E-state index contributed by atoms with van der Waals surface area (Å²) in [6.07, 6.45) is 1.70. The van der Waals surface area contributed by atoms with Crippen molar-refractivity contribution in [3.8, 4) is 11.5 Å². The topological polar surface area (TPSA) is 78.0 Å². The van der Waals surface area contributed by atoms with E-state index in [0.717, 1.165) is 60.6 Å². The molecule has 5 rings (SSSR count). The minimum absolute atomic E-state index is 0.263. The number of anilines is 3. The van der Waals surface area contributed by atoms with Crippen LogP contribution in [0, 0.1) is 6.92 Å². The number of hydrogen-bond acceptors (Lipinski definition) is 8. The van der Waals surface area contributed by atoms with Crippen molar-refractivity contribution in [3.05, 3.63) is 30.1 Å². The number of nitrogens with zero attached hydrogens (tertiary/aromatic N) is 3. The third-order valence-corrected chi connectivity index (χ3v) is 5.13. The molecule has 0 radical (unpaired) electrons. The highest BCUT2D eigenvalue weighted by molar-refractivity contribution is 5.63. The Labute approximate surface area is 157 Å². The average molecular weight is 370 g/mol. The Hall–Kier alpha value is -2.58. The fourth-order valence-corrected chi connectivity index (χ4v) is 3.76. The smallest absolute Gasteiger partial charge is 0.231 e. The number of benzene rings is 1. The summed E-state index contributed by atoms with van der Waals surface area (Å²) in [5.41, 5.74) is 0.897. The van der Waals surface area contributed by atoms with Crippen molar-refractivity contribution in [2.45, 2.75) is 25.6 Å². The fraction of sp³-hybridized carbons (Fsp3) is 0.474. The normalized spacial score (nSPS) is 20.3. The molecule has 0 bridgehead atoms. The lowest BCUT2D eigenvalue weighted by atomic mass is 10.0. The van der Waals surface area contributed by atoms with E-state index in [9.17, 15) is 0 Å². The monoisotopic (exact) mass is 370 g/mol. The molecule has 1 N–H and O–H groups in total. The number of aromatic nitrogens is 2. The van der Waals surface area contributed by atoms with Crippen molar-refractivity contribution < 1.29 is 18.9 Å². The second-order valence-corrected chi connectivity index (χ2v) is 6.95. The maximum Gasteiger partial charge on any atom is 0.231 e. The number of rotatable bonds is 3. The maximum atomic E-state index is 5.81. The Morgan fingerprint density at radius 3 is 2.59 bits per heavy atom. The second-order valence-electron chi connectivity index (χ2n) is 6.95. The maximum absolute atomic E-state index is 5.81. The van der Waals surface area contributed by atoms with E-state index in [1.165, 1.54) is 0 Å². The molecule has 8 nitrogen and oxygen atoms in total. The van der Waals surface area contributed by atoms with Crippen LogP contribution < -0.4 is 19.7 Å². The zero-order valence-corrected chi connectivity index (χ0v) is 15.2. The van der Waals surface area contributed by atoms with Crippen LogP contribution in [0.15, 0.2) is 24.3 Å². The van der Waals surface area contributed by atoms with E-state index in [0.29, 0.717) is 13.2 Å². The lowest BCUT2D eigenvalue weighted by Gasteiger charge is -2.38. The SMILES string of the molecule is Cc1nc(Nc2ccc3c(c2)OCO3)cc(N2CCC3(CC2)OCCO3)n1. The minimum Gasteiger partial charge on any atom is -0.454 e. The number of nitrogens with one attached hydrogen (secondary N) is 1. The van der Waals surface area contributed by atoms with Crippen molar-refractivity contribution in [2.75, 3.05) is 43.3 Å². The standard InChI is InChI=1S/C19H22N4O4/c1-13-20-17(22-14-2-3-15-16(10-14)25-12-24-15)11-18(21-13)23-6-4-19(5-7-23)26-8-9-27-19/h2-3,10-11H,4-9,12H2,1H3,(H,20,21,22). The molecule has 0 unspecified atom stereocenters. The van der Waals surface area contributed by atoms with Gasteiger partial charge in [-0.3, -0.25) is 0 Å². The molecule has 4 heterocycles. The van der Waals surface area contributed by atoms with Gasteiger partial charge in [-0.25, -0.2) is 9.97 Å². The lowest BCUT2D eigenvalue weighted by molar-refractivity contribution is -0.169. The first kappa shape index (κ1) is 16.6. The predicted molar refractivity (Wildman–Crippen MR) is 98.7 cm³/mol. The van der Waals surface area contributed by atoms with Crippen LogP contribution in [0.5, 0.6) is 11.5 Å². The van der Waals surface area contributed by atoms with Crippen LogP contribution in [0.25, 0.3) is 0 Å². The first-order valence-electron chi connectivity index (χ1n) is 9.24. The van der Waals surface area contributed by atoms with Crippen LogP contribution in [-0.2, 0) is 9.47 Å². The molecule has 3 aliphatic heterocycles. The van der Waals surface area contributed by atoms with Crippen molar-refractivity contribution in [1.29, 1.82) is 0 Å². The molecule has 0 amide bonds. The van der Waals surface area contributed by atoms with E-state index in [-0.39, 0.29) is 12.6 Å². The molecule has 8 heteroatoms. The van der Waals surface area contributed by atoms with Gasteiger partial charge in [0, 0.05) is 43.8 Å². The van der Waals surface area contributed by atoms with Crippen LogP contribution >= 0.6 is 0 Å². The summed E-state index contributed by atoms with van der Waals surface area (Å²) in [6.45, 7) is 5.24. The number of hydrogen-bond donors (Lipinski definition) is 1. The molecule has 0 saturated carbocycles. The number of piperidine rings is 1. The third kappa shape index (κ3) is 3.26. The lowest BCUT2D eigenvalue weighted by Crippen LogP contribution is -2.45. The van der Waals surface area contributed by atoms with Gasteiger partial charge >= 0.3 is 0 Å². The molecule has 142 valence electrons. The average Bonchev–Trinajstić information content (AvgIpc) is 3.31. The number of ether oxygens (including phenoxy) is 4. The summed E-state index contributed by atoms with van der Waals surface area (Å²) >= 11 is 0. The molecule has 0 atom stereocenters. The Bertz CT molecular complexity index is 844. The number of aryl methyl sites for hydroxylation is 1. The highest BCUT2D eigenvalue weighted by atomic mass is 16.7. The van der Waals surface area contributed by atoms with Crippen LogP contribution in [-0.4, -0.2) is 48.9 Å². The van der Waals surface area contributed by atoms with E-state index < -0.39 is 0 Å². The van der Waals surface area contributed by atoms with E-state index in [1.54, 1.807) is 0 Å². The zero-order chi connectivity index (χ0) is 18.3. The van der Waals surface area contributed by atoms with Gasteiger partial charge < -0.3 is 29.2 Å². The molecule has 2 fully saturated rings. The molecule has 0 aliphatic carbocycles. The van der Waals surface area contributed by atoms with Gasteiger partial charge in [0.05, 0.1) is 13.2 Å². The Kier molecular flexibility index (Phi) is 4.02. The van der Waals surface area contributed by atoms with Crippen molar-refractivity contribution in [3.63, 3.8) is 0 Å². The van der Waals surface area contributed by atoms with E-state index in [1.807, 2.05) is 31.2 Å². The summed E-state index contributed by atoms with van der Waals surface area (Å²) in [5.74, 6) is 3.52. The summed E-state index contributed by atoms with van der Waals surface area (Å²) in [6, 6.07) is 7.74.